The molecule has 2 aromatic rings. The molecule has 2 N–H and O–H groups in total. The topological polar surface area (TPSA) is 102 Å². The Hall–Kier alpha value is -2.13. The molecule has 1 atom stereocenters. The van der Waals surface area contributed by atoms with E-state index in [9.17, 15) is 18.0 Å². The Morgan fingerprint density at radius 1 is 1.11 bits per heavy atom. The summed E-state index contributed by atoms with van der Waals surface area (Å²) in [5, 5.41) is 2.75. The van der Waals surface area contributed by atoms with Gasteiger partial charge in [0.05, 0.1) is 23.2 Å². The summed E-state index contributed by atoms with van der Waals surface area (Å²) in [7, 11) is -4.06. The molecule has 0 aliphatic rings. The lowest BCUT2D eigenvalue weighted by molar-refractivity contribution is -0.117. The number of carbonyl (C=O) groups is 2. The highest BCUT2D eigenvalue weighted by molar-refractivity contribution is 7.89. The highest BCUT2D eigenvalue weighted by Crippen LogP contribution is 2.25. The van der Waals surface area contributed by atoms with Gasteiger partial charge in [0.1, 0.15) is 4.90 Å². The van der Waals surface area contributed by atoms with Crippen molar-refractivity contribution < 1.29 is 22.7 Å². The summed E-state index contributed by atoms with van der Waals surface area (Å²) in [6.45, 7) is 3.34. The van der Waals surface area contributed by atoms with Gasteiger partial charge in [0, 0.05) is 10.7 Å². The summed E-state index contributed by atoms with van der Waals surface area (Å²) in [6, 6.07) is 8.93. The zero-order valence-corrected chi connectivity index (χ0v) is 17.4. The van der Waals surface area contributed by atoms with Crippen LogP contribution in [-0.2, 0) is 19.6 Å². The predicted octanol–water partition coefficient (Wildman–Crippen LogP) is 3.48. The second-order valence-corrected chi connectivity index (χ2v) is 8.23. The molecule has 0 saturated carbocycles. The largest absolute Gasteiger partial charge is 0.462 e. The van der Waals surface area contributed by atoms with Crippen LogP contribution in [0, 0.1) is 0 Å². The van der Waals surface area contributed by atoms with Crippen LogP contribution in [0.25, 0.3) is 0 Å². The average molecular weight is 445 g/mol. The lowest BCUT2D eigenvalue weighted by Gasteiger charge is -2.15. The molecule has 0 bridgehead atoms. The quantitative estimate of drug-likeness (QED) is 0.636. The lowest BCUT2D eigenvalue weighted by Crippen LogP contribution is -2.41. The highest BCUT2D eigenvalue weighted by Gasteiger charge is 2.24. The summed E-state index contributed by atoms with van der Waals surface area (Å²) >= 11 is 11.7. The number of hydrogen-bond donors (Lipinski definition) is 2. The maximum absolute atomic E-state index is 12.5. The summed E-state index contributed by atoms with van der Waals surface area (Å²) in [5.41, 5.74) is 0.731. The number of sulfonamides is 1. The normalized spacial score (nSPS) is 12.3. The summed E-state index contributed by atoms with van der Waals surface area (Å²) in [5.74, 6) is -1.06. The fourth-order valence-corrected chi connectivity index (χ4v) is 4.15. The smallest absolute Gasteiger partial charge is 0.338 e. The lowest BCUT2D eigenvalue weighted by atomic mass is 10.2. The van der Waals surface area contributed by atoms with E-state index in [1.54, 1.807) is 6.92 Å². The monoisotopic (exact) mass is 444 g/mol. The fourth-order valence-electron chi connectivity index (χ4n) is 2.19. The maximum atomic E-state index is 12.5. The van der Waals surface area contributed by atoms with Gasteiger partial charge in [-0.2, -0.15) is 4.72 Å². The molecule has 1 amide bonds. The summed E-state index contributed by atoms with van der Waals surface area (Å²) in [6.07, 6.45) is 0. The van der Waals surface area contributed by atoms with Crippen molar-refractivity contribution >= 4 is 50.8 Å². The Bertz CT molecular complexity index is 978. The van der Waals surface area contributed by atoms with Gasteiger partial charge in [-0.05, 0) is 56.3 Å². The Balaban J connectivity index is 2.06. The van der Waals surface area contributed by atoms with Crippen LogP contribution < -0.4 is 10.0 Å². The van der Waals surface area contributed by atoms with E-state index in [0.29, 0.717) is 11.3 Å². The fraction of sp³-hybridized carbons (Fsp3) is 0.222. The SMILES string of the molecule is CCOC(=O)c1ccc(NC(=O)[C@H](C)NS(=O)(=O)c2cc(Cl)ccc2Cl)cc1. The molecule has 0 radical (unpaired) electrons. The van der Waals surface area contributed by atoms with Crippen molar-refractivity contribution in [1.29, 1.82) is 0 Å². The van der Waals surface area contributed by atoms with E-state index in [4.69, 9.17) is 27.9 Å². The molecular weight excluding hydrogens is 427 g/mol. The molecule has 150 valence electrons. The Morgan fingerprint density at radius 3 is 2.36 bits per heavy atom. The molecule has 0 aliphatic carbocycles. The number of benzene rings is 2. The van der Waals surface area contributed by atoms with Crippen LogP contribution in [0.1, 0.15) is 24.2 Å². The molecule has 2 aromatic carbocycles. The second-order valence-electron chi connectivity index (χ2n) is 5.70. The van der Waals surface area contributed by atoms with Gasteiger partial charge >= 0.3 is 5.97 Å². The minimum Gasteiger partial charge on any atom is -0.462 e. The van der Waals surface area contributed by atoms with Gasteiger partial charge in [0.25, 0.3) is 0 Å². The second kappa shape index (κ2) is 9.38. The summed E-state index contributed by atoms with van der Waals surface area (Å²) in [4.78, 5) is 23.7. The van der Waals surface area contributed by atoms with Crippen molar-refractivity contribution in [2.24, 2.45) is 0 Å². The number of esters is 1. The molecule has 0 heterocycles. The van der Waals surface area contributed by atoms with E-state index >= 15 is 0 Å². The third-order valence-electron chi connectivity index (χ3n) is 3.57. The standard InChI is InChI=1S/C18H18Cl2N2O5S/c1-3-27-18(24)12-4-7-14(8-5-12)21-17(23)11(2)22-28(25,26)16-10-13(19)6-9-15(16)20/h4-11,22H,3H2,1-2H3,(H,21,23)/t11-/m0/s1. The van der Waals surface area contributed by atoms with Gasteiger partial charge in [-0.3, -0.25) is 4.79 Å². The van der Waals surface area contributed by atoms with Crippen molar-refractivity contribution in [3.8, 4) is 0 Å². The number of nitrogens with one attached hydrogen (secondary N) is 2. The first-order chi connectivity index (χ1) is 13.1. The predicted molar refractivity (Wildman–Crippen MR) is 107 cm³/mol. The zero-order valence-electron chi connectivity index (χ0n) is 15.0. The van der Waals surface area contributed by atoms with E-state index in [0.717, 1.165) is 0 Å². The van der Waals surface area contributed by atoms with Gasteiger partial charge in [0.2, 0.25) is 15.9 Å². The Labute approximate surface area is 173 Å². The number of halogens is 2. The first kappa shape index (κ1) is 22.2. The van der Waals surface area contributed by atoms with E-state index in [1.165, 1.54) is 49.4 Å². The van der Waals surface area contributed by atoms with Gasteiger partial charge in [-0.25, -0.2) is 13.2 Å². The van der Waals surface area contributed by atoms with Gasteiger partial charge in [-0.1, -0.05) is 23.2 Å². The van der Waals surface area contributed by atoms with E-state index in [2.05, 4.69) is 10.0 Å². The minimum absolute atomic E-state index is 0.0148. The Morgan fingerprint density at radius 2 is 1.75 bits per heavy atom. The van der Waals surface area contributed by atoms with Crippen molar-refractivity contribution in [3.05, 3.63) is 58.1 Å². The van der Waals surface area contributed by atoms with Crippen molar-refractivity contribution in [1.82, 2.24) is 4.72 Å². The number of ether oxygens (including phenoxy) is 1. The van der Waals surface area contributed by atoms with Crippen LogP contribution in [0.5, 0.6) is 0 Å². The van der Waals surface area contributed by atoms with Crippen LogP contribution in [0.15, 0.2) is 47.4 Å². The van der Waals surface area contributed by atoms with Gasteiger partial charge < -0.3 is 10.1 Å². The van der Waals surface area contributed by atoms with E-state index in [1.807, 2.05) is 0 Å². The van der Waals surface area contributed by atoms with Crippen LogP contribution in [0.3, 0.4) is 0 Å². The number of anilines is 1. The number of rotatable bonds is 7. The van der Waals surface area contributed by atoms with E-state index in [-0.39, 0.29) is 21.5 Å². The van der Waals surface area contributed by atoms with Crippen molar-refractivity contribution in [3.63, 3.8) is 0 Å². The van der Waals surface area contributed by atoms with Crippen LogP contribution >= 0.6 is 23.2 Å². The van der Waals surface area contributed by atoms with Crippen molar-refractivity contribution in [2.75, 3.05) is 11.9 Å². The average Bonchev–Trinajstić information content (AvgIpc) is 2.64. The van der Waals surface area contributed by atoms with Crippen LogP contribution in [-0.4, -0.2) is 32.9 Å². The Kier molecular flexibility index (Phi) is 7.42. The van der Waals surface area contributed by atoms with Crippen LogP contribution in [0.2, 0.25) is 10.0 Å². The molecule has 0 unspecified atom stereocenters. The first-order valence-corrected chi connectivity index (χ1v) is 10.4. The van der Waals surface area contributed by atoms with E-state index < -0.39 is 27.9 Å². The minimum atomic E-state index is -4.06. The summed E-state index contributed by atoms with van der Waals surface area (Å²) < 4.78 is 32.1. The number of carbonyl (C=O) groups excluding carboxylic acids is 2. The first-order valence-electron chi connectivity index (χ1n) is 8.19. The van der Waals surface area contributed by atoms with Crippen LogP contribution in [0.4, 0.5) is 5.69 Å². The molecule has 0 aromatic heterocycles. The van der Waals surface area contributed by atoms with Gasteiger partial charge in [0.15, 0.2) is 0 Å². The molecule has 0 fully saturated rings. The molecule has 7 nitrogen and oxygen atoms in total. The maximum Gasteiger partial charge on any atom is 0.338 e. The van der Waals surface area contributed by atoms with Crippen molar-refractivity contribution in [2.45, 2.75) is 24.8 Å². The number of hydrogen-bond acceptors (Lipinski definition) is 5. The molecule has 0 saturated heterocycles. The molecular formula is C18H18Cl2N2O5S. The third-order valence-corrected chi connectivity index (χ3v) is 5.83. The third kappa shape index (κ3) is 5.68. The van der Waals surface area contributed by atoms with Gasteiger partial charge in [-0.15, -0.1) is 0 Å². The zero-order chi connectivity index (χ0) is 20.9. The molecule has 10 heteroatoms. The molecule has 0 spiro atoms. The molecule has 0 aliphatic heterocycles. The molecule has 28 heavy (non-hydrogen) atoms. The number of amides is 1. The highest BCUT2D eigenvalue weighted by atomic mass is 35.5. The molecule has 2 rings (SSSR count).